The third-order valence-electron chi connectivity index (χ3n) is 2.65. The van der Waals surface area contributed by atoms with Gasteiger partial charge in [0.1, 0.15) is 0 Å². The average Bonchev–Trinajstić information content (AvgIpc) is 2.30. The van der Waals surface area contributed by atoms with Crippen LogP contribution in [0, 0.1) is 0 Å². The van der Waals surface area contributed by atoms with Gasteiger partial charge in [-0.1, -0.05) is 72.8 Å². The van der Waals surface area contributed by atoms with Gasteiger partial charge < -0.3 is 0 Å². The number of allylic oxidation sites excluding steroid dienone is 1. The molecular weight excluding hydrogens is 260 g/mol. The minimum Gasteiger partial charge on any atom is -0.0839 e. The number of hydrogen-bond acceptors (Lipinski definition) is 0. The lowest BCUT2D eigenvalue weighted by Crippen LogP contribution is -1.76. The summed E-state index contributed by atoms with van der Waals surface area (Å²) >= 11 is 3.44. The molecule has 1 heteroatoms. The van der Waals surface area contributed by atoms with Crippen LogP contribution in [0.2, 0.25) is 0 Å². The van der Waals surface area contributed by atoms with E-state index in [4.69, 9.17) is 0 Å². The molecule has 1 aromatic rings. The van der Waals surface area contributed by atoms with Crippen molar-refractivity contribution in [3.05, 3.63) is 40.4 Å². The summed E-state index contributed by atoms with van der Waals surface area (Å²) < 4.78 is 1.14. The number of hydrogen-bond donors (Lipinski definition) is 0. The smallest absolute Gasteiger partial charge is 0.0175 e. The predicted molar refractivity (Wildman–Crippen MR) is 76.6 cm³/mol. The van der Waals surface area contributed by atoms with E-state index in [1.807, 2.05) is 0 Å². The summed E-state index contributed by atoms with van der Waals surface area (Å²) in [4.78, 5) is 0. The molecule has 0 nitrogen and oxygen atoms in total. The molecule has 0 aliphatic rings. The lowest BCUT2D eigenvalue weighted by atomic mass is 10.1. The number of unbranched alkanes of at least 4 members (excludes halogenated alkanes) is 5. The van der Waals surface area contributed by atoms with Crippen molar-refractivity contribution in [3.63, 3.8) is 0 Å². The van der Waals surface area contributed by atoms with Crippen LogP contribution in [0.15, 0.2) is 34.8 Å². The maximum absolute atomic E-state index is 3.44. The van der Waals surface area contributed by atoms with Gasteiger partial charge in [0, 0.05) is 4.47 Å². The van der Waals surface area contributed by atoms with Gasteiger partial charge in [0.05, 0.1) is 0 Å². The van der Waals surface area contributed by atoms with Gasteiger partial charge in [0.2, 0.25) is 0 Å². The molecule has 0 aromatic heterocycles. The van der Waals surface area contributed by atoms with Crippen LogP contribution in [0.5, 0.6) is 0 Å². The van der Waals surface area contributed by atoms with E-state index in [9.17, 15) is 0 Å². The van der Waals surface area contributed by atoms with E-state index in [0.29, 0.717) is 0 Å². The molecule has 0 unspecified atom stereocenters. The Balaban J connectivity index is 2.14. The van der Waals surface area contributed by atoms with Crippen molar-refractivity contribution in [3.8, 4) is 0 Å². The highest BCUT2D eigenvalue weighted by molar-refractivity contribution is 9.10. The summed E-state index contributed by atoms with van der Waals surface area (Å²) in [5.41, 5.74) is 1.29. The molecule has 1 aromatic carbocycles. The highest BCUT2D eigenvalue weighted by Gasteiger charge is 1.88. The Hall–Kier alpha value is -0.560. The first-order chi connectivity index (χ1) is 7.83. The van der Waals surface area contributed by atoms with Crippen molar-refractivity contribution in [2.45, 2.75) is 45.4 Å². The van der Waals surface area contributed by atoms with Gasteiger partial charge in [-0.05, 0) is 30.5 Å². The second kappa shape index (κ2) is 8.58. The lowest BCUT2D eigenvalue weighted by molar-refractivity contribution is 0.638. The van der Waals surface area contributed by atoms with Crippen LogP contribution < -0.4 is 0 Å². The molecule has 0 fully saturated rings. The van der Waals surface area contributed by atoms with Gasteiger partial charge in [0.25, 0.3) is 0 Å². The third kappa shape index (κ3) is 6.12. The van der Waals surface area contributed by atoms with Gasteiger partial charge >= 0.3 is 0 Å². The van der Waals surface area contributed by atoms with E-state index in [1.165, 1.54) is 44.1 Å². The molecule has 0 amide bonds. The van der Waals surface area contributed by atoms with Crippen LogP contribution in [-0.2, 0) is 0 Å². The topological polar surface area (TPSA) is 0 Å². The summed E-state index contributed by atoms with van der Waals surface area (Å²) in [6.45, 7) is 2.26. The zero-order chi connectivity index (χ0) is 11.6. The summed E-state index contributed by atoms with van der Waals surface area (Å²) in [6, 6.07) is 8.44. The van der Waals surface area contributed by atoms with Crippen molar-refractivity contribution in [1.29, 1.82) is 0 Å². The van der Waals surface area contributed by atoms with Crippen LogP contribution >= 0.6 is 15.9 Å². The fourth-order valence-electron chi connectivity index (χ4n) is 1.66. The predicted octanol–water partition coefficient (Wildman–Crippen LogP) is 5.82. The van der Waals surface area contributed by atoms with E-state index in [1.54, 1.807) is 0 Å². The summed E-state index contributed by atoms with van der Waals surface area (Å²) in [5, 5.41) is 0. The number of halogens is 1. The van der Waals surface area contributed by atoms with Gasteiger partial charge in [-0.3, -0.25) is 0 Å². The highest BCUT2D eigenvalue weighted by atomic mass is 79.9. The molecule has 0 aliphatic carbocycles. The first-order valence-electron chi connectivity index (χ1n) is 6.25. The van der Waals surface area contributed by atoms with E-state index < -0.39 is 0 Å². The van der Waals surface area contributed by atoms with Crippen LogP contribution in [0.1, 0.15) is 51.0 Å². The fourth-order valence-corrected chi connectivity index (χ4v) is 1.92. The molecule has 0 atom stereocenters. The molecule has 0 bridgehead atoms. The van der Waals surface area contributed by atoms with Crippen molar-refractivity contribution in [2.24, 2.45) is 0 Å². The fraction of sp³-hybridized carbons (Fsp3) is 0.467. The largest absolute Gasteiger partial charge is 0.0839 e. The van der Waals surface area contributed by atoms with Crippen molar-refractivity contribution >= 4 is 22.0 Å². The van der Waals surface area contributed by atoms with Gasteiger partial charge in [0.15, 0.2) is 0 Å². The second-order valence-electron chi connectivity index (χ2n) is 4.16. The Morgan fingerprint density at radius 1 is 1.00 bits per heavy atom. The summed E-state index contributed by atoms with van der Waals surface area (Å²) in [5.74, 6) is 0. The summed E-state index contributed by atoms with van der Waals surface area (Å²) in [6.07, 6.45) is 12.5. The normalized spacial score (nSPS) is 11.1. The Kier molecular flexibility index (Phi) is 7.24. The molecule has 0 aliphatic heterocycles. The summed E-state index contributed by atoms with van der Waals surface area (Å²) in [7, 11) is 0. The first kappa shape index (κ1) is 13.5. The van der Waals surface area contributed by atoms with Crippen LogP contribution in [0.4, 0.5) is 0 Å². The van der Waals surface area contributed by atoms with Crippen molar-refractivity contribution in [1.82, 2.24) is 0 Å². The van der Waals surface area contributed by atoms with E-state index in [-0.39, 0.29) is 0 Å². The molecule has 1 rings (SSSR count). The van der Waals surface area contributed by atoms with Gasteiger partial charge in [-0.25, -0.2) is 0 Å². The van der Waals surface area contributed by atoms with Crippen LogP contribution in [0.25, 0.3) is 6.08 Å². The molecule has 16 heavy (non-hydrogen) atoms. The minimum atomic E-state index is 1.14. The Bertz CT molecular complexity index is 298. The Morgan fingerprint density at radius 2 is 1.69 bits per heavy atom. The Labute approximate surface area is 108 Å². The molecule has 0 N–H and O–H groups in total. The average molecular weight is 281 g/mol. The van der Waals surface area contributed by atoms with E-state index >= 15 is 0 Å². The second-order valence-corrected chi connectivity index (χ2v) is 5.07. The van der Waals surface area contributed by atoms with Gasteiger partial charge in [-0.15, -0.1) is 0 Å². The minimum absolute atomic E-state index is 1.14. The van der Waals surface area contributed by atoms with Crippen LogP contribution in [-0.4, -0.2) is 0 Å². The molecule has 0 saturated heterocycles. The van der Waals surface area contributed by atoms with Crippen molar-refractivity contribution in [2.75, 3.05) is 0 Å². The molecule has 0 spiro atoms. The molecule has 88 valence electrons. The molecule has 0 radical (unpaired) electrons. The van der Waals surface area contributed by atoms with E-state index in [2.05, 4.69) is 59.3 Å². The number of rotatable bonds is 7. The lowest BCUT2D eigenvalue weighted by Gasteiger charge is -1.97. The highest BCUT2D eigenvalue weighted by Crippen LogP contribution is 2.12. The maximum Gasteiger partial charge on any atom is 0.0175 e. The first-order valence-corrected chi connectivity index (χ1v) is 7.04. The SMILES string of the molecule is CCCCCCCC=Cc1ccc(Br)cc1. The zero-order valence-corrected chi connectivity index (χ0v) is 11.7. The zero-order valence-electron chi connectivity index (χ0n) is 10.1. The Morgan fingerprint density at radius 3 is 2.38 bits per heavy atom. The quantitative estimate of drug-likeness (QED) is 0.552. The monoisotopic (exact) mass is 280 g/mol. The van der Waals surface area contributed by atoms with Gasteiger partial charge in [-0.2, -0.15) is 0 Å². The van der Waals surface area contributed by atoms with Crippen LogP contribution in [0.3, 0.4) is 0 Å². The van der Waals surface area contributed by atoms with E-state index in [0.717, 1.165) is 4.47 Å². The maximum atomic E-state index is 3.44. The molecule has 0 saturated carbocycles. The number of benzene rings is 1. The standard InChI is InChI=1S/C15H21Br/c1-2-3-4-5-6-7-8-9-14-10-12-15(16)13-11-14/h8-13H,2-7H2,1H3. The van der Waals surface area contributed by atoms with Crippen molar-refractivity contribution < 1.29 is 0 Å². The molecular formula is C15H21Br. The third-order valence-corrected chi connectivity index (χ3v) is 3.18. The molecule has 0 heterocycles.